The number of rotatable bonds is 3. The van der Waals surface area contributed by atoms with Gasteiger partial charge in [-0.05, 0) is 122 Å². The van der Waals surface area contributed by atoms with Gasteiger partial charge in [0.25, 0.3) is 0 Å². The third kappa shape index (κ3) is 2.91. The third-order valence-corrected chi connectivity index (χ3v) is 13.8. The van der Waals surface area contributed by atoms with Crippen molar-refractivity contribution in [3.8, 4) is 0 Å². The molecular weight excluding hydrogens is 404 g/mol. The largest absolute Gasteiger partial charge is 0.393 e. The number of allylic oxidation sites excluding steroid dienone is 1. The Morgan fingerprint density at radius 2 is 1.61 bits per heavy atom. The van der Waals surface area contributed by atoms with E-state index in [0.717, 1.165) is 31.0 Å². The van der Waals surface area contributed by atoms with Gasteiger partial charge in [0.2, 0.25) is 0 Å². The highest BCUT2D eigenvalue weighted by Gasteiger charge is 2.70. The Hall–Kier alpha value is -0.630. The molecule has 0 aliphatic heterocycles. The quantitative estimate of drug-likeness (QED) is 0.352. The summed E-state index contributed by atoms with van der Waals surface area (Å²) in [5, 5.41) is 11.1. The first kappa shape index (κ1) is 24.1. The van der Waals surface area contributed by atoms with E-state index < -0.39 is 0 Å². The second-order valence-electron chi connectivity index (χ2n) is 14.8. The van der Waals surface area contributed by atoms with Crippen LogP contribution in [0.1, 0.15) is 112 Å². The molecule has 1 N–H and O–H groups in total. The Morgan fingerprint density at radius 3 is 2.27 bits per heavy atom. The summed E-state index contributed by atoms with van der Waals surface area (Å²) < 4.78 is 0. The van der Waals surface area contributed by atoms with Gasteiger partial charge in [0.15, 0.2) is 0 Å². The van der Waals surface area contributed by atoms with E-state index in [9.17, 15) is 9.90 Å². The lowest BCUT2D eigenvalue weighted by atomic mass is 9.32. The van der Waals surface area contributed by atoms with Crippen LogP contribution in [0.15, 0.2) is 12.2 Å². The maximum atomic E-state index is 11.7. The van der Waals surface area contributed by atoms with Gasteiger partial charge in [-0.25, -0.2) is 0 Å². The summed E-state index contributed by atoms with van der Waals surface area (Å²) in [6.07, 6.45) is 13.9. The molecule has 5 aliphatic carbocycles. The molecule has 33 heavy (non-hydrogen) atoms. The fourth-order valence-corrected chi connectivity index (χ4v) is 11.8. The van der Waals surface area contributed by atoms with Gasteiger partial charge in [-0.15, -0.1) is 0 Å². The second kappa shape index (κ2) is 7.44. The molecule has 0 radical (unpaired) electrons. The summed E-state index contributed by atoms with van der Waals surface area (Å²) >= 11 is 0. The van der Waals surface area contributed by atoms with Crippen molar-refractivity contribution in [1.29, 1.82) is 0 Å². The van der Waals surface area contributed by atoms with Crippen LogP contribution in [-0.4, -0.2) is 17.5 Å². The van der Waals surface area contributed by atoms with E-state index in [4.69, 9.17) is 0 Å². The van der Waals surface area contributed by atoms with Crippen LogP contribution in [0.4, 0.5) is 0 Å². The molecule has 5 fully saturated rings. The second-order valence-corrected chi connectivity index (χ2v) is 14.8. The number of aliphatic hydroxyl groups excluding tert-OH is 1. The van der Waals surface area contributed by atoms with Crippen LogP contribution < -0.4 is 0 Å². The molecule has 0 bridgehead atoms. The van der Waals surface area contributed by atoms with Gasteiger partial charge < -0.3 is 9.90 Å². The predicted molar refractivity (Wildman–Crippen MR) is 136 cm³/mol. The van der Waals surface area contributed by atoms with Gasteiger partial charge in [0, 0.05) is 11.8 Å². The van der Waals surface area contributed by atoms with Crippen LogP contribution in [-0.2, 0) is 4.79 Å². The number of hydrogen-bond acceptors (Lipinski definition) is 2. The first-order valence-electron chi connectivity index (χ1n) is 14.1. The standard InChI is InChI=1S/C31H50O2/c1-20(2)21-10-13-27(3)16-17-30(6)22(26(21)27)8-9-24-28(4)14-12-25(33)29(5,18-19-32)23(28)11-15-31(24,30)7/h19,21-26,33H,1,8-18H2,2-7H3/t21-,22+,23+,24+,25-,26+,27+,28-,29?,30+,31+/m0/s1. The maximum Gasteiger partial charge on any atom is 0.120 e. The molecule has 0 aromatic heterocycles. The molecule has 0 aromatic carbocycles. The number of hydrogen-bond donors (Lipinski definition) is 1. The predicted octanol–water partition coefficient (Wildman–Crippen LogP) is 7.59. The molecule has 0 aromatic rings. The minimum absolute atomic E-state index is 0.238. The Kier molecular flexibility index (Phi) is 5.43. The van der Waals surface area contributed by atoms with Crippen LogP contribution in [0.25, 0.3) is 0 Å². The van der Waals surface area contributed by atoms with Gasteiger partial charge in [-0.3, -0.25) is 0 Å². The average molecular weight is 455 g/mol. The monoisotopic (exact) mass is 454 g/mol. The summed E-state index contributed by atoms with van der Waals surface area (Å²) in [6.45, 7) is 19.6. The highest BCUT2D eigenvalue weighted by atomic mass is 16.3. The Balaban J connectivity index is 1.54. The van der Waals surface area contributed by atoms with E-state index in [-0.39, 0.29) is 16.9 Å². The average Bonchev–Trinajstić information content (AvgIpc) is 3.10. The molecule has 2 heteroatoms. The lowest BCUT2D eigenvalue weighted by molar-refractivity contribution is -0.248. The van der Waals surface area contributed by atoms with Gasteiger partial charge in [0.1, 0.15) is 6.29 Å². The van der Waals surface area contributed by atoms with Crippen molar-refractivity contribution in [2.75, 3.05) is 0 Å². The van der Waals surface area contributed by atoms with Crippen molar-refractivity contribution in [3.05, 3.63) is 12.2 Å². The summed E-state index contributed by atoms with van der Waals surface area (Å²) in [5.74, 6) is 3.51. The normalized spacial score (nSPS) is 57.9. The SMILES string of the molecule is C=C(C)[C@@H]1CC[C@]2(C)CC[C@]3(C)[C@H](CC[C@@H]4[C@@]5(C)CC[C@H](O)C(C)(CC=O)[C@@H]5CC[C@]43C)[C@@H]12. The van der Waals surface area contributed by atoms with Crippen molar-refractivity contribution >= 4 is 6.29 Å². The summed E-state index contributed by atoms with van der Waals surface area (Å²) in [5.41, 5.74) is 2.67. The topological polar surface area (TPSA) is 37.3 Å². The molecule has 0 saturated heterocycles. The minimum Gasteiger partial charge on any atom is -0.393 e. The molecule has 1 unspecified atom stereocenters. The summed E-state index contributed by atoms with van der Waals surface area (Å²) in [6, 6.07) is 0. The molecule has 2 nitrogen and oxygen atoms in total. The highest BCUT2D eigenvalue weighted by molar-refractivity contribution is 5.51. The van der Waals surface area contributed by atoms with Gasteiger partial charge in [-0.1, -0.05) is 46.8 Å². The molecule has 0 heterocycles. The van der Waals surface area contributed by atoms with Crippen LogP contribution in [0, 0.1) is 56.7 Å². The zero-order valence-corrected chi connectivity index (χ0v) is 22.4. The van der Waals surface area contributed by atoms with Crippen LogP contribution in [0.2, 0.25) is 0 Å². The summed E-state index contributed by atoms with van der Waals surface area (Å²) in [4.78, 5) is 11.7. The molecule has 0 amide bonds. The number of aliphatic hydroxyl groups is 1. The molecule has 186 valence electrons. The molecule has 5 saturated carbocycles. The fourth-order valence-electron chi connectivity index (χ4n) is 11.8. The van der Waals surface area contributed by atoms with Gasteiger partial charge in [0.05, 0.1) is 6.10 Å². The Labute approximate surface area is 203 Å². The smallest absolute Gasteiger partial charge is 0.120 e. The molecule has 5 rings (SSSR count). The van der Waals surface area contributed by atoms with E-state index in [1.165, 1.54) is 56.9 Å². The van der Waals surface area contributed by atoms with Gasteiger partial charge >= 0.3 is 0 Å². The first-order valence-corrected chi connectivity index (χ1v) is 14.1. The van der Waals surface area contributed by atoms with Crippen LogP contribution >= 0.6 is 0 Å². The van der Waals surface area contributed by atoms with Crippen molar-refractivity contribution in [2.24, 2.45) is 56.7 Å². The number of fused-ring (bicyclic) bond motifs is 7. The lowest BCUT2D eigenvalue weighted by Crippen LogP contribution is -2.66. The first-order chi connectivity index (χ1) is 15.4. The number of aldehydes is 1. The maximum absolute atomic E-state index is 11.7. The summed E-state index contributed by atoms with van der Waals surface area (Å²) in [7, 11) is 0. The zero-order chi connectivity index (χ0) is 24.0. The van der Waals surface area contributed by atoms with Crippen molar-refractivity contribution in [1.82, 2.24) is 0 Å². The fraction of sp³-hybridized carbons (Fsp3) is 0.903. The van der Waals surface area contributed by atoms with E-state index in [0.29, 0.717) is 40.4 Å². The number of carbonyl (C=O) groups excluding carboxylic acids is 1. The molecule has 11 atom stereocenters. The third-order valence-electron chi connectivity index (χ3n) is 13.8. The Morgan fingerprint density at radius 1 is 0.879 bits per heavy atom. The minimum atomic E-state index is -0.331. The zero-order valence-electron chi connectivity index (χ0n) is 22.4. The molecule has 0 spiro atoms. The molecular formula is C31H50O2. The molecule has 5 aliphatic rings. The van der Waals surface area contributed by atoms with Crippen LogP contribution in [0.5, 0.6) is 0 Å². The van der Waals surface area contributed by atoms with Crippen molar-refractivity contribution in [3.63, 3.8) is 0 Å². The Bertz CT molecular complexity index is 833. The van der Waals surface area contributed by atoms with E-state index in [1.807, 2.05) is 0 Å². The van der Waals surface area contributed by atoms with Crippen molar-refractivity contribution in [2.45, 2.75) is 118 Å². The van der Waals surface area contributed by atoms with Crippen LogP contribution in [0.3, 0.4) is 0 Å². The highest BCUT2D eigenvalue weighted by Crippen LogP contribution is 2.77. The van der Waals surface area contributed by atoms with E-state index in [2.05, 4.69) is 48.1 Å². The van der Waals surface area contributed by atoms with E-state index in [1.54, 1.807) is 0 Å². The number of carbonyl (C=O) groups is 1. The van der Waals surface area contributed by atoms with Crippen molar-refractivity contribution < 1.29 is 9.90 Å². The lowest BCUT2D eigenvalue weighted by Gasteiger charge is -2.73. The van der Waals surface area contributed by atoms with E-state index >= 15 is 0 Å². The van der Waals surface area contributed by atoms with Gasteiger partial charge in [-0.2, -0.15) is 0 Å².